The van der Waals surface area contributed by atoms with Gasteiger partial charge in [-0.25, -0.2) is 0 Å². The van der Waals surface area contributed by atoms with Crippen molar-refractivity contribution in [1.29, 1.82) is 0 Å². The molecule has 2 heterocycles. The molecule has 2 aromatic carbocycles. The summed E-state index contributed by atoms with van der Waals surface area (Å²) >= 11 is 0. The van der Waals surface area contributed by atoms with Crippen LogP contribution in [0.3, 0.4) is 0 Å². The van der Waals surface area contributed by atoms with E-state index in [-0.39, 0.29) is 12.5 Å². The molecular formula is C19H19NO4. The molecule has 5 heteroatoms. The van der Waals surface area contributed by atoms with Crippen LogP contribution in [0.25, 0.3) is 0 Å². The van der Waals surface area contributed by atoms with Gasteiger partial charge in [-0.3, -0.25) is 4.79 Å². The summed E-state index contributed by atoms with van der Waals surface area (Å²) < 4.78 is 16.9. The van der Waals surface area contributed by atoms with E-state index in [1.165, 1.54) is 0 Å². The van der Waals surface area contributed by atoms with Gasteiger partial charge < -0.3 is 19.5 Å². The highest BCUT2D eigenvalue weighted by Gasteiger charge is 2.27. The average molecular weight is 325 g/mol. The first kappa shape index (κ1) is 14.9. The van der Waals surface area contributed by atoms with Gasteiger partial charge in [0.05, 0.1) is 18.9 Å². The van der Waals surface area contributed by atoms with Gasteiger partial charge in [-0.2, -0.15) is 0 Å². The van der Waals surface area contributed by atoms with Crippen molar-refractivity contribution in [2.45, 2.75) is 19.8 Å². The molecule has 0 atom stereocenters. The van der Waals surface area contributed by atoms with E-state index in [9.17, 15) is 4.79 Å². The van der Waals surface area contributed by atoms with Crippen molar-refractivity contribution in [2.24, 2.45) is 0 Å². The summed E-state index contributed by atoms with van der Waals surface area (Å²) in [5.41, 5.74) is 4.00. The highest BCUT2D eigenvalue weighted by Crippen LogP contribution is 2.44. The molecule has 0 aromatic heterocycles. The molecule has 0 unspecified atom stereocenters. The molecule has 2 aromatic rings. The fourth-order valence-corrected chi connectivity index (χ4v) is 3.08. The zero-order valence-electron chi connectivity index (χ0n) is 13.6. The third kappa shape index (κ3) is 2.77. The minimum Gasteiger partial charge on any atom is -0.493 e. The third-order valence-electron chi connectivity index (χ3n) is 4.31. The van der Waals surface area contributed by atoms with E-state index < -0.39 is 0 Å². The molecule has 4 rings (SSSR count). The number of nitrogens with one attached hydrogen (secondary N) is 1. The SMILES string of the molecule is Cc1ccc(OCC(=O)Nc2c3c(cc4c2OCC4)OCC3)cc1. The zero-order chi connectivity index (χ0) is 16.5. The normalized spacial score (nSPS) is 14.4. The van der Waals surface area contributed by atoms with Crippen LogP contribution in [-0.2, 0) is 17.6 Å². The Bertz CT molecular complexity index is 751. The van der Waals surface area contributed by atoms with E-state index in [4.69, 9.17) is 14.2 Å². The van der Waals surface area contributed by atoms with Crippen LogP contribution in [0.1, 0.15) is 16.7 Å². The van der Waals surface area contributed by atoms with Crippen LogP contribution < -0.4 is 19.5 Å². The Balaban J connectivity index is 1.49. The van der Waals surface area contributed by atoms with Gasteiger partial charge in [-0.05, 0) is 25.1 Å². The number of amides is 1. The van der Waals surface area contributed by atoms with Crippen molar-refractivity contribution in [2.75, 3.05) is 25.1 Å². The number of carbonyl (C=O) groups is 1. The Morgan fingerprint density at radius 3 is 2.79 bits per heavy atom. The number of anilines is 1. The largest absolute Gasteiger partial charge is 0.493 e. The molecule has 1 amide bonds. The predicted octanol–water partition coefficient (Wildman–Crippen LogP) is 2.88. The number of fused-ring (bicyclic) bond motifs is 2. The topological polar surface area (TPSA) is 56.8 Å². The minimum atomic E-state index is -0.200. The fraction of sp³-hybridized carbons (Fsp3) is 0.316. The van der Waals surface area contributed by atoms with E-state index in [2.05, 4.69) is 5.32 Å². The van der Waals surface area contributed by atoms with Crippen LogP contribution in [0.15, 0.2) is 30.3 Å². The second kappa shape index (κ2) is 6.07. The van der Waals surface area contributed by atoms with Crippen LogP contribution in [0.5, 0.6) is 17.2 Å². The van der Waals surface area contributed by atoms with E-state index in [1.807, 2.05) is 37.3 Å². The highest BCUT2D eigenvalue weighted by molar-refractivity contribution is 5.95. The first-order valence-electron chi connectivity index (χ1n) is 8.14. The number of benzene rings is 2. The maximum absolute atomic E-state index is 12.3. The average Bonchev–Trinajstić information content (AvgIpc) is 3.23. The Hall–Kier alpha value is -2.69. The number of aryl methyl sites for hydroxylation is 1. The van der Waals surface area contributed by atoms with Crippen molar-refractivity contribution >= 4 is 11.6 Å². The van der Waals surface area contributed by atoms with Crippen LogP contribution in [0.2, 0.25) is 0 Å². The Kier molecular flexibility index (Phi) is 3.76. The summed E-state index contributed by atoms with van der Waals surface area (Å²) in [6.07, 6.45) is 1.62. The summed E-state index contributed by atoms with van der Waals surface area (Å²) in [4.78, 5) is 12.3. The van der Waals surface area contributed by atoms with E-state index >= 15 is 0 Å². The van der Waals surface area contributed by atoms with Crippen molar-refractivity contribution in [1.82, 2.24) is 0 Å². The van der Waals surface area contributed by atoms with Crippen LogP contribution >= 0.6 is 0 Å². The van der Waals surface area contributed by atoms with Gasteiger partial charge in [0.1, 0.15) is 17.2 Å². The third-order valence-corrected chi connectivity index (χ3v) is 4.31. The maximum Gasteiger partial charge on any atom is 0.262 e. The lowest BCUT2D eigenvalue weighted by molar-refractivity contribution is -0.118. The molecule has 0 fully saturated rings. The standard InChI is InChI=1S/C19H19NO4/c1-12-2-4-14(5-3-12)24-11-17(21)20-18-15-7-9-22-16(15)10-13-6-8-23-19(13)18/h2-5,10H,6-9,11H2,1H3,(H,20,21). The molecule has 0 aliphatic carbocycles. The summed E-state index contributed by atoms with van der Waals surface area (Å²) in [7, 11) is 0. The smallest absolute Gasteiger partial charge is 0.262 e. The number of carbonyl (C=O) groups excluding carboxylic acids is 1. The number of hydrogen-bond acceptors (Lipinski definition) is 4. The first-order valence-corrected chi connectivity index (χ1v) is 8.14. The van der Waals surface area contributed by atoms with E-state index in [1.54, 1.807) is 0 Å². The van der Waals surface area contributed by atoms with Gasteiger partial charge in [-0.15, -0.1) is 0 Å². The van der Waals surface area contributed by atoms with Crippen LogP contribution in [0, 0.1) is 6.92 Å². The Morgan fingerprint density at radius 2 is 1.96 bits per heavy atom. The van der Waals surface area contributed by atoms with Crippen LogP contribution in [-0.4, -0.2) is 25.7 Å². The van der Waals surface area contributed by atoms with E-state index in [0.717, 1.165) is 46.7 Å². The number of rotatable bonds is 4. The van der Waals surface area contributed by atoms with Gasteiger partial charge >= 0.3 is 0 Å². The summed E-state index contributed by atoms with van der Waals surface area (Å²) in [5, 5.41) is 2.96. The molecule has 0 radical (unpaired) electrons. The van der Waals surface area contributed by atoms with E-state index in [0.29, 0.717) is 19.0 Å². The molecule has 24 heavy (non-hydrogen) atoms. The zero-order valence-corrected chi connectivity index (χ0v) is 13.6. The summed E-state index contributed by atoms with van der Waals surface area (Å²) in [5.74, 6) is 2.12. The Labute approximate surface area is 140 Å². The quantitative estimate of drug-likeness (QED) is 0.939. The lowest BCUT2D eigenvalue weighted by Crippen LogP contribution is -2.21. The predicted molar refractivity (Wildman–Crippen MR) is 90.1 cm³/mol. The van der Waals surface area contributed by atoms with Crippen molar-refractivity contribution in [3.63, 3.8) is 0 Å². The van der Waals surface area contributed by atoms with Gasteiger partial charge in [-0.1, -0.05) is 17.7 Å². The molecule has 124 valence electrons. The van der Waals surface area contributed by atoms with Gasteiger partial charge in [0.2, 0.25) is 0 Å². The van der Waals surface area contributed by atoms with Gasteiger partial charge in [0.15, 0.2) is 6.61 Å². The number of hydrogen-bond donors (Lipinski definition) is 1. The fourth-order valence-electron chi connectivity index (χ4n) is 3.08. The second-order valence-corrected chi connectivity index (χ2v) is 6.06. The molecule has 0 spiro atoms. The number of ether oxygens (including phenoxy) is 3. The molecule has 2 aliphatic rings. The molecule has 0 bridgehead atoms. The van der Waals surface area contributed by atoms with Gasteiger partial charge in [0.25, 0.3) is 5.91 Å². The monoisotopic (exact) mass is 325 g/mol. The molecular weight excluding hydrogens is 306 g/mol. The summed E-state index contributed by atoms with van der Waals surface area (Å²) in [6.45, 7) is 3.25. The van der Waals surface area contributed by atoms with Crippen molar-refractivity contribution in [3.8, 4) is 17.2 Å². The summed E-state index contributed by atoms with van der Waals surface area (Å²) in [6, 6.07) is 9.66. The lowest BCUT2D eigenvalue weighted by Gasteiger charge is -2.14. The minimum absolute atomic E-state index is 0.0393. The highest BCUT2D eigenvalue weighted by atomic mass is 16.5. The van der Waals surface area contributed by atoms with Crippen molar-refractivity contribution < 1.29 is 19.0 Å². The second-order valence-electron chi connectivity index (χ2n) is 6.06. The first-order chi connectivity index (χ1) is 11.7. The molecule has 0 saturated carbocycles. The molecule has 5 nitrogen and oxygen atoms in total. The van der Waals surface area contributed by atoms with Crippen molar-refractivity contribution in [3.05, 3.63) is 47.0 Å². The maximum atomic E-state index is 12.3. The van der Waals surface area contributed by atoms with Gasteiger partial charge in [0, 0.05) is 24.0 Å². The molecule has 2 aliphatic heterocycles. The molecule has 0 saturated heterocycles. The van der Waals surface area contributed by atoms with Crippen LogP contribution in [0.4, 0.5) is 5.69 Å². The lowest BCUT2D eigenvalue weighted by atomic mass is 10.0. The Morgan fingerprint density at radius 1 is 1.17 bits per heavy atom. The molecule has 1 N–H and O–H groups in total.